The Bertz CT molecular complexity index is 421. The molecule has 0 spiro atoms. The molecule has 0 aromatic carbocycles. The molecule has 0 bridgehead atoms. The summed E-state index contributed by atoms with van der Waals surface area (Å²) in [4.78, 5) is 13.3. The smallest absolute Gasteiger partial charge is 0.358 e. The number of hydrogen-bond donors (Lipinski definition) is 1. The number of piperidine rings is 1. The second kappa shape index (κ2) is 4.89. The highest BCUT2D eigenvalue weighted by Gasteiger charge is 2.28. The van der Waals surface area contributed by atoms with E-state index in [1.54, 1.807) is 12.1 Å². The zero-order chi connectivity index (χ0) is 13.2. The van der Waals surface area contributed by atoms with Gasteiger partial charge < -0.3 is 14.7 Å². The van der Waals surface area contributed by atoms with E-state index >= 15 is 0 Å². The number of hydrogen-bond acceptors (Lipinski definition) is 6. The van der Waals surface area contributed by atoms with Gasteiger partial charge in [-0.25, -0.2) is 4.79 Å². The average Bonchev–Trinajstić information content (AvgIpc) is 2.38. The van der Waals surface area contributed by atoms with Crippen LogP contribution in [0.3, 0.4) is 0 Å². The molecule has 1 aliphatic heterocycles. The highest BCUT2D eigenvalue weighted by molar-refractivity contribution is 5.86. The van der Waals surface area contributed by atoms with E-state index in [4.69, 9.17) is 0 Å². The molecule has 1 fully saturated rings. The molecule has 18 heavy (non-hydrogen) atoms. The van der Waals surface area contributed by atoms with Gasteiger partial charge in [-0.1, -0.05) is 0 Å². The number of rotatable bonds is 2. The molecule has 6 heteroatoms. The second-order valence-corrected chi connectivity index (χ2v) is 4.75. The van der Waals surface area contributed by atoms with Crippen molar-refractivity contribution in [2.75, 3.05) is 25.1 Å². The first-order chi connectivity index (χ1) is 8.52. The third kappa shape index (κ3) is 2.76. The number of anilines is 1. The van der Waals surface area contributed by atoms with E-state index in [-0.39, 0.29) is 5.69 Å². The van der Waals surface area contributed by atoms with E-state index in [1.807, 2.05) is 11.8 Å². The number of aliphatic hydroxyl groups is 1. The van der Waals surface area contributed by atoms with Crippen molar-refractivity contribution in [1.29, 1.82) is 0 Å². The van der Waals surface area contributed by atoms with Crippen molar-refractivity contribution in [3.8, 4) is 0 Å². The highest BCUT2D eigenvalue weighted by Crippen LogP contribution is 2.24. The van der Waals surface area contributed by atoms with Crippen LogP contribution in [0.4, 0.5) is 5.82 Å². The molecule has 1 saturated heterocycles. The Morgan fingerprint density at radius 1 is 1.39 bits per heavy atom. The molecule has 0 radical (unpaired) electrons. The molecule has 2 heterocycles. The van der Waals surface area contributed by atoms with Crippen molar-refractivity contribution < 1.29 is 14.6 Å². The number of carbonyl (C=O) groups excluding carboxylic acids is 1. The van der Waals surface area contributed by atoms with Crippen LogP contribution in [-0.2, 0) is 4.74 Å². The van der Waals surface area contributed by atoms with Gasteiger partial charge in [0.05, 0.1) is 12.7 Å². The Balaban J connectivity index is 2.04. The Hall–Kier alpha value is -1.69. The Labute approximate surface area is 106 Å². The largest absolute Gasteiger partial charge is 0.464 e. The van der Waals surface area contributed by atoms with Gasteiger partial charge in [-0.05, 0) is 31.9 Å². The average molecular weight is 251 g/mol. The molecular weight excluding hydrogens is 234 g/mol. The van der Waals surface area contributed by atoms with Crippen molar-refractivity contribution in [1.82, 2.24) is 10.2 Å². The van der Waals surface area contributed by atoms with Crippen LogP contribution < -0.4 is 4.90 Å². The van der Waals surface area contributed by atoms with Gasteiger partial charge in [0, 0.05) is 13.1 Å². The van der Waals surface area contributed by atoms with Crippen molar-refractivity contribution in [2.24, 2.45) is 0 Å². The Kier molecular flexibility index (Phi) is 3.47. The van der Waals surface area contributed by atoms with Crippen molar-refractivity contribution >= 4 is 11.8 Å². The van der Waals surface area contributed by atoms with E-state index in [2.05, 4.69) is 14.9 Å². The summed E-state index contributed by atoms with van der Waals surface area (Å²) in [5.41, 5.74) is -0.388. The summed E-state index contributed by atoms with van der Waals surface area (Å²) in [5, 5.41) is 17.7. The molecule has 0 aliphatic carbocycles. The molecule has 0 unspecified atom stereocenters. The van der Waals surface area contributed by atoms with Gasteiger partial charge in [-0.2, -0.15) is 0 Å². The van der Waals surface area contributed by atoms with Crippen LogP contribution in [0, 0.1) is 0 Å². The number of nitrogens with zero attached hydrogens (tertiary/aromatic N) is 3. The zero-order valence-electron chi connectivity index (χ0n) is 10.6. The lowest BCUT2D eigenvalue weighted by atomic mass is 9.94. The predicted octanol–water partition coefficient (Wildman–Crippen LogP) is 0.614. The highest BCUT2D eigenvalue weighted by atomic mass is 16.5. The van der Waals surface area contributed by atoms with Crippen LogP contribution >= 0.6 is 0 Å². The van der Waals surface area contributed by atoms with E-state index in [1.165, 1.54) is 7.11 Å². The minimum Gasteiger partial charge on any atom is -0.464 e. The first-order valence-electron chi connectivity index (χ1n) is 5.91. The van der Waals surface area contributed by atoms with Crippen LogP contribution in [0.2, 0.25) is 0 Å². The lowest BCUT2D eigenvalue weighted by molar-refractivity contribution is 0.0350. The lowest BCUT2D eigenvalue weighted by Crippen LogP contribution is -2.42. The van der Waals surface area contributed by atoms with Gasteiger partial charge in [0.25, 0.3) is 0 Å². The summed E-state index contributed by atoms with van der Waals surface area (Å²) in [6, 6.07) is 3.35. The number of aromatic nitrogens is 2. The third-order valence-electron chi connectivity index (χ3n) is 3.21. The van der Waals surface area contributed by atoms with Gasteiger partial charge in [0.1, 0.15) is 0 Å². The van der Waals surface area contributed by atoms with Crippen LogP contribution in [0.5, 0.6) is 0 Å². The summed E-state index contributed by atoms with van der Waals surface area (Å²) < 4.78 is 4.56. The molecule has 1 aromatic rings. The van der Waals surface area contributed by atoms with Crippen LogP contribution in [-0.4, -0.2) is 47.1 Å². The van der Waals surface area contributed by atoms with Gasteiger partial charge in [0.2, 0.25) is 0 Å². The van der Waals surface area contributed by atoms with Gasteiger partial charge in [-0.15, -0.1) is 10.2 Å². The fraction of sp³-hybridized carbons (Fsp3) is 0.583. The molecule has 6 nitrogen and oxygen atoms in total. The summed E-state index contributed by atoms with van der Waals surface area (Å²) in [6.07, 6.45) is 1.40. The number of esters is 1. The van der Waals surface area contributed by atoms with E-state index in [9.17, 15) is 9.90 Å². The minimum atomic E-state index is -0.587. The Morgan fingerprint density at radius 3 is 2.56 bits per heavy atom. The molecule has 0 saturated carbocycles. The van der Waals surface area contributed by atoms with Crippen LogP contribution in [0.15, 0.2) is 12.1 Å². The first-order valence-corrected chi connectivity index (χ1v) is 5.91. The maximum Gasteiger partial charge on any atom is 0.358 e. The summed E-state index contributed by atoms with van der Waals surface area (Å²) in [7, 11) is 1.31. The fourth-order valence-electron chi connectivity index (χ4n) is 1.92. The van der Waals surface area contributed by atoms with Crippen LogP contribution in [0.1, 0.15) is 30.3 Å². The summed E-state index contributed by atoms with van der Waals surface area (Å²) >= 11 is 0. The molecule has 1 aliphatic rings. The maximum atomic E-state index is 11.2. The molecule has 1 N–H and O–H groups in total. The number of ether oxygens (including phenoxy) is 1. The standard InChI is InChI=1S/C12H17N3O3/c1-12(17)5-7-15(8-6-12)10-4-3-9(13-14-10)11(16)18-2/h3-4,17H,5-8H2,1-2H3. The maximum absolute atomic E-state index is 11.2. The third-order valence-corrected chi connectivity index (χ3v) is 3.21. The van der Waals surface area contributed by atoms with Gasteiger partial charge in [-0.3, -0.25) is 0 Å². The normalized spacial score (nSPS) is 18.5. The summed E-state index contributed by atoms with van der Waals surface area (Å²) in [5.74, 6) is 0.230. The number of methoxy groups -OCH3 is 1. The molecule has 0 atom stereocenters. The van der Waals surface area contributed by atoms with Gasteiger partial charge >= 0.3 is 5.97 Å². The fourth-order valence-corrected chi connectivity index (χ4v) is 1.92. The molecule has 0 amide bonds. The van der Waals surface area contributed by atoms with E-state index in [0.29, 0.717) is 12.8 Å². The van der Waals surface area contributed by atoms with Crippen molar-refractivity contribution in [2.45, 2.75) is 25.4 Å². The molecular formula is C12H17N3O3. The lowest BCUT2D eigenvalue weighted by Gasteiger charge is -2.36. The SMILES string of the molecule is COC(=O)c1ccc(N2CCC(C)(O)CC2)nn1. The van der Waals surface area contributed by atoms with Crippen molar-refractivity contribution in [3.05, 3.63) is 17.8 Å². The quantitative estimate of drug-likeness (QED) is 0.776. The van der Waals surface area contributed by atoms with E-state index < -0.39 is 11.6 Å². The monoisotopic (exact) mass is 251 g/mol. The first kappa shape index (κ1) is 12.8. The van der Waals surface area contributed by atoms with Crippen LogP contribution in [0.25, 0.3) is 0 Å². The second-order valence-electron chi connectivity index (χ2n) is 4.75. The Morgan fingerprint density at radius 2 is 2.06 bits per heavy atom. The predicted molar refractivity (Wildman–Crippen MR) is 65.4 cm³/mol. The van der Waals surface area contributed by atoms with Gasteiger partial charge in [0.15, 0.2) is 11.5 Å². The number of carbonyl (C=O) groups is 1. The van der Waals surface area contributed by atoms with Crippen molar-refractivity contribution in [3.63, 3.8) is 0 Å². The topological polar surface area (TPSA) is 75.5 Å². The minimum absolute atomic E-state index is 0.199. The van der Waals surface area contributed by atoms with E-state index in [0.717, 1.165) is 18.9 Å². The molecule has 2 rings (SSSR count). The molecule has 98 valence electrons. The molecule has 1 aromatic heterocycles. The zero-order valence-corrected chi connectivity index (χ0v) is 10.6. The summed E-state index contributed by atoms with van der Waals surface area (Å²) in [6.45, 7) is 3.31.